The number of carbonyl (C=O) groups is 1. The predicted octanol–water partition coefficient (Wildman–Crippen LogP) is 3.02. The molecule has 1 aromatic rings. The van der Waals surface area contributed by atoms with Gasteiger partial charge in [-0.3, -0.25) is 0 Å². The molecule has 0 bridgehead atoms. The van der Waals surface area contributed by atoms with Gasteiger partial charge < -0.3 is 15.0 Å². The van der Waals surface area contributed by atoms with E-state index in [1.54, 1.807) is 4.90 Å². The number of nitrogens with zero attached hydrogens (tertiary/aromatic N) is 1. The van der Waals surface area contributed by atoms with Crippen molar-refractivity contribution in [1.82, 2.24) is 4.90 Å². The summed E-state index contributed by atoms with van der Waals surface area (Å²) < 4.78 is 5.41. The molecule has 0 aliphatic carbocycles. The van der Waals surface area contributed by atoms with Gasteiger partial charge in [0.05, 0.1) is 0 Å². The summed E-state index contributed by atoms with van der Waals surface area (Å²) in [6, 6.07) is 6.27. The van der Waals surface area contributed by atoms with Crippen LogP contribution in [0.5, 0.6) is 0 Å². The molecule has 0 atom stereocenters. The Morgan fingerprint density at radius 3 is 2.68 bits per heavy atom. The molecule has 0 unspecified atom stereocenters. The number of benzene rings is 1. The van der Waals surface area contributed by atoms with Gasteiger partial charge in [-0.2, -0.15) is 0 Å². The van der Waals surface area contributed by atoms with Gasteiger partial charge in [0, 0.05) is 25.8 Å². The van der Waals surface area contributed by atoms with Crippen LogP contribution in [0, 0.1) is 0 Å². The van der Waals surface area contributed by atoms with Crippen LogP contribution in [0.25, 0.3) is 0 Å². The monoisotopic (exact) mass is 262 g/mol. The number of hydrogen-bond acceptors (Lipinski definition) is 3. The van der Waals surface area contributed by atoms with Crippen LogP contribution in [-0.2, 0) is 17.7 Å². The molecular formula is C15H22N2O2. The second kappa shape index (κ2) is 5.11. The number of amides is 1. The van der Waals surface area contributed by atoms with Crippen LogP contribution in [0.3, 0.4) is 0 Å². The average Bonchev–Trinajstić information content (AvgIpc) is 2.35. The molecule has 4 nitrogen and oxygen atoms in total. The van der Waals surface area contributed by atoms with E-state index >= 15 is 0 Å². The molecule has 0 saturated heterocycles. The van der Waals surface area contributed by atoms with Gasteiger partial charge in [-0.25, -0.2) is 4.79 Å². The first kappa shape index (κ1) is 13.7. The number of anilines is 1. The summed E-state index contributed by atoms with van der Waals surface area (Å²) >= 11 is 0. The molecule has 19 heavy (non-hydrogen) atoms. The summed E-state index contributed by atoms with van der Waals surface area (Å²) in [5.41, 5.74) is 3.19. The quantitative estimate of drug-likeness (QED) is 0.846. The van der Waals surface area contributed by atoms with Crippen molar-refractivity contribution >= 4 is 11.8 Å². The Kier molecular flexibility index (Phi) is 3.69. The van der Waals surface area contributed by atoms with E-state index in [0.717, 1.165) is 18.7 Å². The molecule has 0 radical (unpaired) electrons. The number of hydrogen-bond donors (Lipinski definition) is 1. The first-order valence-electron chi connectivity index (χ1n) is 6.66. The fourth-order valence-corrected chi connectivity index (χ4v) is 2.19. The van der Waals surface area contributed by atoms with Gasteiger partial charge in [0.2, 0.25) is 0 Å². The van der Waals surface area contributed by atoms with Crippen LogP contribution >= 0.6 is 0 Å². The normalized spacial score (nSPS) is 14.8. The zero-order valence-corrected chi connectivity index (χ0v) is 12.1. The Balaban J connectivity index is 2.08. The molecule has 1 amide bonds. The third-order valence-corrected chi connectivity index (χ3v) is 3.16. The lowest BCUT2D eigenvalue weighted by Gasteiger charge is -2.31. The SMILES string of the molecule is CNc1ccc2c(c1)CCN(C(=O)OC(C)(C)C)C2. The van der Waals surface area contributed by atoms with Crippen molar-refractivity contribution < 1.29 is 9.53 Å². The maximum Gasteiger partial charge on any atom is 0.410 e. The molecule has 1 N–H and O–H groups in total. The maximum absolute atomic E-state index is 12.0. The van der Waals surface area contributed by atoms with Crippen molar-refractivity contribution in [3.63, 3.8) is 0 Å². The minimum absolute atomic E-state index is 0.226. The zero-order valence-electron chi connectivity index (χ0n) is 12.1. The molecular weight excluding hydrogens is 240 g/mol. The average molecular weight is 262 g/mol. The van der Waals surface area contributed by atoms with Crippen LogP contribution in [-0.4, -0.2) is 30.2 Å². The molecule has 1 aliphatic rings. The molecule has 4 heteroatoms. The van der Waals surface area contributed by atoms with E-state index < -0.39 is 5.60 Å². The largest absolute Gasteiger partial charge is 0.444 e. The van der Waals surface area contributed by atoms with E-state index in [-0.39, 0.29) is 6.09 Å². The van der Waals surface area contributed by atoms with Crippen LogP contribution in [0.15, 0.2) is 18.2 Å². The molecule has 0 fully saturated rings. The highest BCUT2D eigenvalue weighted by molar-refractivity contribution is 5.69. The first-order chi connectivity index (χ1) is 8.89. The highest BCUT2D eigenvalue weighted by atomic mass is 16.6. The van der Waals surface area contributed by atoms with Crippen molar-refractivity contribution in [2.75, 3.05) is 18.9 Å². The Labute approximate surface area is 114 Å². The topological polar surface area (TPSA) is 41.6 Å². The van der Waals surface area contributed by atoms with Gasteiger partial charge >= 0.3 is 6.09 Å². The number of fused-ring (bicyclic) bond motifs is 1. The number of nitrogens with one attached hydrogen (secondary N) is 1. The lowest BCUT2D eigenvalue weighted by Crippen LogP contribution is -2.39. The predicted molar refractivity (Wildman–Crippen MR) is 76.3 cm³/mol. The first-order valence-corrected chi connectivity index (χ1v) is 6.66. The molecule has 104 valence electrons. The van der Waals surface area contributed by atoms with Gasteiger partial charge in [0.25, 0.3) is 0 Å². The fraction of sp³-hybridized carbons (Fsp3) is 0.533. The molecule has 0 saturated carbocycles. The summed E-state index contributed by atoms with van der Waals surface area (Å²) in [7, 11) is 1.91. The Bertz CT molecular complexity index is 478. The van der Waals surface area contributed by atoms with E-state index in [4.69, 9.17) is 4.74 Å². The third kappa shape index (κ3) is 3.40. The highest BCUT2D eigenvalue weighted by Crippen LogP contribution is 2.23. The maximum atomic E-state index is 12.0. The van der Waals surface area contributed by atoms with E-state index in [0.29, 0.717) is 6.54 Å². The minimum Gasteiger partial charge on any atom is -0.444 e. The Hall–Kier alpha value is -1.71. The summed E-state index contributed by atoms with van der Waals surface area (Å²) in [4.78, 5) is 13.8. The molecule has 0 aromatic heterocycles. The van der Waals surface area contributed by atoms with Crippen LogP contribution in [0.2, 0.25) is 0 Å². The second-order valence-electron chi connectivity index (χ2n) is 5.89. The van der Waals surface area contributed by atoms with Crippen molar-refractivity contribution in [3.8, 4) is 0 Å². The van der Waals surface area contributed by atoms with Gasteiger partial charge in [-0.15, -0.1) is 0 Å². The lowest BCUT2D eigenvalue weighted by molar-refractivity contribution is 0.0224. The number of carbonyl (C=O) groups excluding carboxylic acids is 1. The zero-order chi connectivity index (χ0) is 14.0. The third-order valence-electron chi connectivity index (χ3n) is 3.16. The highest BCUT2D eigenvalue weighted by Gasteiger charge is 2.25. The van der Waals surface area contributed by atoms with Gasteiger partial charge in [0.15, 0.2) is 0 Å². The van der Waals surface area contributed by atoms with Crippen molar-refractivity contribution in [1.29, 1.82) is 0 Å². The summed E-state index contributed by atoms with van der Waals surface area (Å²) in [5.74, 6) is 0. The summed E-state index contributed by atoms with van der Waals surface area (Å²) in [6.45, 7) is 7.02. The van der Waals surface area contributed by atoms with Gasteiger partial charge in [-0.05, 0) is 50.5 Å². The number of ether oxygens (including phenoxy) is 1. The van der Waals surface area contributed by atoms with Crippen molar-refractivity contribution in [3.05, 3.63) is 29.3 Å². The Morgan fingerprint density at radius 1 is 1.32 bits per heavy atom. The molecule has 1 aromatic carbocycles. The van der Waals surface area contributed by atoms with Crippen LogP contribution in [0.4, 0.5) is 10.5 Å². The van der Waals surface area contributed by atoms with Crippen molar-refractivity contribution in [2.24, 2.45) is 0 Å². The molecule has 1 heterocycles. The standard InChI is InChI=1S/C15H22N2O2/c1-15(2,3)19-14(18)17-8-7-11-9-13(16-4)6-5-12(11)10-17/h5-6,9,16H,7-8,10H2,1-4H3. The Morgan fingerprint density at radius 2 is 2.05 bits per heavy atom. The van der Waals surface area contributed by atoms with E-state index in [1.165, 1.54) is 11.1 Å². The van der Waals surface area contributed by atoms with Gasteiger partial charge in [-0.1, -0.05) is 6.07 Å². The molecule has 2 rings (SSSR count). The fourth-order valence-electron chi connectivity index (χ4n) is 2.19. The van der Waals surface area contributed by atoms with Crippen LogP contribution in [0.1, 0.15) is 31.9 Å². The van der Waals surface area contributed by atoms with E-state index in [9.17, 15) is 4.79 Å². The van der Waals surface area contributed by atoms with E-state index in [1.807, 2.05) is 33.9 Å². The minimum atomic E-state index is -0.437. The van der Waals surface area contributed by atoms with Crippen molar-refractivity contribution in [2.45, 2.75) is 39.3 Å². The van der Waals surface area contributed by atoms with Gasteiger partial charge in [0.1, 0.15) is 5.60 Å². The molecule has 1 aliphatic heterocycles. The van der Waals surface area contributed by atoms with E-state index in [2.05, 4.69) is 17.4 Å². The number of rotatable bonds is 1. The van der Waals surface area contributed by atoms with Crippen LogP contribution < -0.4 is 5.32 Å². The summed E-state index contributed by atoms with van der Waals surface area (Å²) in [5, 5.41) is 3.14. The lowest BCUT2D eigenvalue weighted by atomic mass is 9.99. The second-order valence-corrected chi connectivity index (χ2v) is 5.89. The molecule has 0 spiro atoms. The summed E-state index contributed by atoms with van der Waals surface area (Å²) in [6.07, 6.45) is 0.653. The smallest absolute Gasteiger partial charge is 0.410 e.